The van der Waals surface area contributed by atoms with Crippen LogP contribution < -0.4 is 15.0 Å². The fraction of sp³-hybridized carbons (Fsp3) is 0.414. The van der Waals surface area contributed by atoms with Gasteiger partial charge < -0.3 is 19.9 Å². The van der Waals surface area contributed by atoms with Crippen LogP contribution in [0.25, 0.3) is 11.4 Å². The molecular formula is C29H37N5O2. The molecule has 1 saturated heterocycles. The fourth-order valence-corrected chi connectivity index (χ4v) is 4.48. The van der Waals surface area contributed by atoms with Gasteiger partial charge in [0.05, 0.1) is 7.11 Å². The average molecular weight is 488 g/mol. The minimum absolute atomic E-state index is 0.0133. The van der Waals surface area contributed by atoms with Gasteiger partial charge in [0.1, 0.15) is 11.6 Å². The number of aromatic nitrogens is 2. The van der Waals surface area contributed by atoms with Crippen LogP contribution in [-0.2, 0) is 12.8 Å². The zero-order chi connectivity index (χ0) is 25.7. The lowest BCUT2D eigenvalue weighted by molar-refractivity contribution is 0.185. The molecule has 36 heavy (non-hydrogen) atoms. The lowest BCUT2D eigenvalue weighted by atomic mass is 10.0. The molecule has 0 radical (unpaired) electrons. The van der Waals surface area contributed by atoms with Crippen molar-refractivity contribution in [1.82, 2.24) is 20.2 Å². The Labute approximate surface area is 214 Å². The first-order valence-electron chi connectivity index (χ1n) is 12.7. The summed E-state index contributed by atoms with van der Waals surface area (Å²) in [6.07, 6.45) is 1.53. The maximum atomic E-state index is 12.7. The number of nitrogens with one attached hydrogen (secondary N) is 1. The summed E-state index contributed by atoms with van der Waals surface area (Å²) in [4.78, 5) is 27.0. The fourth-order valence-electron chi connectivity index (χ4n) is 4.48. The van der Waals surface area contributed by atoms with Crippen molar-refractivity contribution in [1.29, 1.82) is 0 Å². The molecular weight excluding hydrogens is 450 g/mol. The van der Waals surface area contributed by atoms with Gasteiger partial charge in [-0.3, -0.25) is 0 Å². The van der Waals surface area contributed by atoms with E-state index in [2.05, 4.69) is 41.4 Å². The Hall–Kier alpha value is -3.61. The van der Waals surface area contributed by atoms with Gasteiger partial charge in [-0.25, -0.2) is 14.8 Å². The predicted octanol–water partition coefficient (Wildman–Crippen LogP) is 4.94. The summed E-state index contributed by atoms with van der Waals surface area (Å²) in [6.45, 7) is 10.9. The summed E-state index contributed by atoms with van der Waals surface area (Å²) < 4.78 is 5.46. The molecule has 0 aliphatic carbocycles. The van der Waals surface area contributed by atoms with E-state index in [1.807, 2.05) is 56.0 Å². The number of piperazine rings is 1. The topological polar surface area (TPSA) is 70.6 Å². The summed E-state index contributed by atoms with van der Waals surface area (Å²) in [5.41, 5.74) is 4.09. The first kappa shape index (κ1) is 25.5. The van der Waals surface area contributed by atoms with Gasteiger partial charge in [0.25, 0.3) is 0 Å². The van der Waals surface area contributed by atoms with Crippen LogP contribution in [0.15, 0.2) is 54.6 Å². The Balaban J connectivity index is 1.68. The highest BCUT2D eigenvalue weighted by atomic mass is 16.5. The van der Waals surface area contributed by atoms with E-state index in [1.54, 1.807) is 7.11 Å². The minimum atomic E-state index is -0.259. The molecule has 1 fully saturated rings. The Morgan fingerprint density at radius 2 is 1.72 bits per heavy atom. The van der Waals surface area contributed by atoms with Crippen LogP contribution in [0.3, 0.4) is 0 Å². The first-order chi connectivity index (χ1) is 17.3. The van der Waals surface area contributed by atoms with Gasteiger partial charge in [-0.15, -0.1) is 0 Å². The van der Waals surface area contributed by atoms with Crippen LogP contribution in [0.4, 0.5) is 10.6 Å². The third-order valence-electron chi connectivity index (χ3n) is 6.30. The third-order valence-corrected chi connectivity index (χ3v) is 6.30. The Bertz CT molecular complexity index is 1180. The summed E-state index contributed by atoms with van der Waals surface area (Å²) in [5, 5.41) is 3.08. The van der Waals surface area contributed by atoms with Crippen molar-refractivity contribution >= 4 is 11.8 Å². The lowest BCUT2D eigenvalue weighted by Crippen LogP contribution is -2.55. The van der Waals surface area contributed by atoms with Gasteiger partial charge in [-0.05, 0) is 44.9 Å². The van der Waals surface area contributed by atoms with E-state index < -0.39 is 0 Å². The normalized spacial score (nSPS) is 14.0. The van der Waals surface area contributed by atoms with Crippen molar-refractivity contribution in [3.05, 3.63) is 71.4 Å². The molecule has 4 rings (SSSR count). The number of methoxy groups -OCH3 is 1. The van der Waals surface area contributed by atoms with E-state index in [0.29, 0.717) is 13.1 Å². The number of ether oxygens (including phenoxy) is 1. The standard InChI is InChI=1S/C29H37N5O2/c1-6-25-24(20-21-11-10-14-23(19-21)36-5)27(31-26(30-25)22-12-8-7-9-13-22)33-15-17-34(18-16-33)28(35)32-29(2,3)4/h7-14,19H,6,15-18,20H2,1-5H3,(H,32,35). The average Bonchev–Trinajstić information content (AvgIpc) is 2.88. The molecule has 3 aromatic rings. The van der Waals surface area contributed by atoms with E-state index in [1.165, 1.54) is 0 Å². The molecule has 190 valence electrons. The zero-order valence-corrected chi connectivity index (χ0v) is 22.0. The summed E-state index contributed by atoms with van der Waals surface area (Å²) in [5.74, 6) is 2.54. The van der Waals surface area contributed by atoms with Crippen LogP contribution in [0, 0.1) is 0 Å². The molecule has 1 aromatic heterocycles. The maximum Gasteiger partial charge on any atom is 0.317 e. The van der Waals surface area contributed by atoms with Crippen molar-refractivity contribution in [3.63, 3.8) is 0 Å². The Kier molecular flexibility index (Phi) is 7.77. The van der Waals surface area contributed by atoms with Crippen LogP contribution >= 0.6 is 0 Å². The van der Waals surface area contributed by atoms with Crippen molar-refractivity contribution in [2.75, 3.05) is 38.2 Å². The number of aryl methyl sites for hydroxylation is 1. The molecule has 0 spiro atoms. The van der Waals surface area contributed by atoms with Crippen molar-refractivity contribution in [3.8, 4) is 17.1 Å². The highest BCUT2D eigenvalue weighted by Crippen LogP contribution is 2.29. The van der Waals surface area contributed by atoms with Gasteiger partial charge in [-0.1, -0.05) is 49.4 Å². The molecule has 0 bridgehead atoms. The lowest BCUT2D eigenvalue weighted by Gasteiger charge is -2.37. The number of urea groups is 1. The number of hydrogen-bond donors (Lipinski definition) is 1. The number of carbonyl (C=O) groups is 1. The van der Waals surface area contributed by atoms with E-state index in [-0.39, 0.29) is 11.6 Å². The van der Waals surface area contributed by atoms with Gasteiger partial charge in [0.2, 0.25) is 0 Å². The first-order valence-corrected chi connectivity index (χ1v) is 12.7. The van der Waals surface area contributed by atoms with Crippen molar-refractivity contribution in [2.24, 2.45) is 0 Å². The van der Waals surface area contributed by atoms with E-state index in [4.69, 9.17) is 14.7 Å². The molecule has 1 aliphatic heterocycles. The summed E-state index contributed by atoms with van der Waals surface area (Å²) in [6, 6.07) is 18.3. The highest BCUT2D eigenvalue weighted by molar-refractivity contribution is 5.75. The van der Waals surface area contributed by atoms with Gasteiger partial charge in [0, 0.05) is 55.0 Å². The molecule has 0 saturated carbocycles. The summed E-state index contributed by atoms with van der Waals surface area (Å²) >= 11 is 0. The molecule has 0 unspecified atom stereocenters. The van der Waals surface area contributed by atoms with Crippen LogP contribution in [0.1, 0.15) is 44.5 Å². The van der Waals surface area contributed by atoms with Gasteiger partial charge in [0.15, 0.2) is 5.82 Å². The van der Waals surface area contributed by atoms with Crippen LogP contribution in [0.2, 0.25) is 0 Å². The molecule has 0 atom stereocenters. The Morgan fingerprint density at radius 3 is 2.36 bits per heavy atom. The zero-order valence-electron chi connectivity index (χ0n) is 22.0. The van der Waals surface area contributed by atoms with Gasteiger partial charge in [-0.2, -0.15) is 0 Å². The quantitative estimate of drug-likeness (QED) is 0.534. The molecule has 2 aromatic carbocycles. The minimum Gasteiger partial charge on any atom is -0.497 e. The molecule has 2 amide bonds. The highest BCUT2D eigenvalue weighted by Gasteiger charge is 2.27. The number of anilines is 1. The van der Waals surface area contributed by atoms with E-state index in [0.717, 1.165) is 65.7 Å². The Morgan fingerprint density at radius 1 is 1.00 bits per heavy atom. The SMILES string of the molecule is CCc1nc(-c2ccccc2)nc(N2CCN(C(=O)NC(C)(C)C)CC2)c1Cc1cccc(OC)c1. The number of amides is 2. The largest absolute Gasteiger partial charge is 0.497 e. The number of benzene rings is 2. The molecule has 7 heteroatoms. The maximum absolute atomic E-state index is 12.7. The van der Waals surface area contributed by atoms with Crippen LogP contribution in [0.5, 0.6) is 5.75 Å². The van der Waals surface area contributed by atoms with E-state index >= 15 is 0 Å². The van der Waals surface area contributed by atoms with Crippen molar-refractivity contribution < 1.29 is 9.53 Å². The number of carbonyl (C=O) groups excluding carboxylic acids is 1. The van der Waals surface area contributed by atoms with E-state index in [9.17, 15) is 4.79 Å². The third kappa shape index (κ3) is 6.14. The molecule has 2 heterocycles. The number of nitrogens with zero attached hydrogens (tertiary/aromatic N) is 4. The molecule has 1 N–H and O–H groups in total. The smallest absolute Gasteiger partial charge is 0.317 e. The second-order valence-corrected chi connectivity index (χ2v) is 10.2. The second-order valence-electron chi connectivity index (χ2n) is 10.2. The van der Waals surface area contributed by atoms with Crippen molar-refractivity contribution in [2.45, 2.75) is 46.1 Å². The molecule has 7 nitrogen and oxygen atoms in total. The second kappa shape index (κ2) is 11.0. The predicted molar refractivity (Wildman–Crippen MR) is 145 cm³/mol. The number of hydrogen-bond acceptors (Lipinski definition) is 5. The number of rotatable bonds is 6. The van der Waals surface area contributed by atoms with Gasteiger partial charge >= 0.3 is 6.03 Å². The summed E-state index contributed by atoms with van der Waals surface area (Å²) in [7, 11) is 1.69. The van der Waals surface area contributed by atoms with Crippen LogP contribution in [-0.4, -0.2) is 59.7 Å². The molecule has 1 aliphatic rings. The monoisotopic (exact) mass is 487 g/mol.